The standard InChI is InChI=1S/C19H18FN3O5/c1-22-15-6-10(14(20)7-13(15)19(26)27)3-4-28-17-8-16(23-2)12(18(24)25)5-11(17)9-21/h5-8,22-23H,3-4H2,1-2H3,(H,24,25)(H,26,27). The van der Waals surface area contributed by atoms with Gasteiger partial charge in [-0.3, -0.25) is 0 Å². The molecule has 0 aliphatic rings. The van der Waals surface area contributed by atoms with Crippen molar-refractivity contribution in [2.24, 2.45) is 0 Å². The summed E-state index contributed by atoms with van der Waals surface area (Å²) in [7, 11) is 3.07. The van der Waals surface area contributed by atoms with Crippen LogP contribution in [-0.4, -0.2) is 42.9 Å². The average molecular weight is 387 g/mol. The van der Waals surface area contributed by atoms with Gasteiger partial charge in [0.1, 0.15) is 17.6 Å². The minimum absolute atomic E-state index is 0.00323. The Labute approximate surface area is 160 Å². The molecule has 0 saturated heterocycles. The van der Waals surface area contributed by atoms with Crippen molar-refractivity contribution >= 4 is 23.3 Å². The molecular weight excluding hydrogens is 369 g/mol. The van der Waals surface area contributed by atoms with Gasteiger partial charge < -0.3 is 25.6 Å². The lowest BCUT2D eigenvalue weighted by Gasteiger charge is -2.13. The van der Waals surface area contributed by atoms with E-state index in [1.165, 1.54) is 32.3 Å². The van der Waals surface area contributed by atoms with E-state index in [1.54, 1.807) is 0 Å². The van der Waals surface area contributed by atoms with Crippen LogP contribution in [0.25, 0.3) is 0 Å². The maximum Gasteiger partial charge on any atom is 0.337 e. The van der Waals surface area contributed by atoms with Gasteiger partial charge in [0.15, 0.2) is 0 Å². The van der Waals surface area contributed by atoms with Gasteiger partial charge in [0.05, 0.1) is 29.0 Å². The van der Waals surface area contributed by atoms with Crippen molar-refractivity contribution in [3.63, 3.8) is 0 Å². The number of carbonyl (C=O) groups is 2. The van der Waals surface area contributed by atoms with Crippen molar-refractivity contribution in [1.82, 2.24) is 0 Å². The van der Waals surface area contributed by atoms with Crippen LogP contribution in [0.4, 0.5) is 15.8 Å². The normalized spacial score (nSPS) is 10.1. The van der Waals surface area contributed by atoms with Crippen LogP contribution >= 0.6 is 0 Å². The molecule has 0 aliphatic heterocycles. The van der Waals surface area contributed by atoms with Crippen LogP contribution in [0.15, 0.2) is 24.3 Å². The van der Waals surface area contributed by atoms with Gasteiger partial charge in [-0.15, -0.1) is 0 Å². The third-order valence-corrected chi connectivity index (χ3v) is 4.06. The zero-order valence-corrected chi connectivity index (χ0v) is 15.2. The first-order chi connectivity index (χ1) is 13.3. The molecule has 8 nitrogen and oxygen atoms in total. The van der Waals surface area contributed by atoms with Crippen LogP contribution in [0.1, 0.15) is 31.8 Å². The highest BCUT2D eigenvalue weighted by molar-refractivity contribution is 5.95. The number of carboxylic acid groups (broad SMARTS) is 2. The summed E-state index contributed by atoms with van der Waals surface area (Å²) in [4.78, 5) is 22.4. The van der Waals surface area contributed by atoms with Gasteiger partial charge >= 0.3 is 11.9 Å². The quantitative estimate of drug-likeness (QED) is 0.544. The number of ether oxygens (including phenoxy) is 1. The third kappa shape index (κ3) is 4.29. The summed E-state index contributed by atoms with van der Waals surface area (Å²) >= 11 is 0. The molecule has 0 bridgehead atoms. The molecule has 0 spiro atoms. The second-order valence-electron chi connectivity index (χ2n) is 5.70. The molecule has 0 amide bonds. The minimum atomic E-state index is -1.25. The highest BCUT2D eigenvalue weighted by Crippen LogP contribution is 2.28. The van der Waals surface area contributed by atoms with E-state index >= 15 is 0 Å². The zero-order valence-electron chi connectivity index (χ0n) is 15.2. The lowest BCUT2D eigenvalue weighted by atomic mass is 10.1. The van der Waals surface area contributed by atoms with Gasteiger partial charge in [0.25, 0.3) is 0 Å². The van der Waals surface area contributed by atoms with Crippen molar-refractivity contribution in [2.75, 3.05) is 31.3 Å². The molecule has 146 valence electrons. The Morgan fingerprint density at radius 2 is 1.64 bits per heavy atom. The van der Waals surface area contributed by atoms with Gasteiger partial charge in [0.2, 0.25) is 0 Å². The highest BCUT2D eigenvalue weighted by atomic mass is 19.1. The van der Waals surface area contributed by atoms with Gasteiger partial charge in [-0.25, -0.2) is 14.0 Å². The topological polar surface area (TPSA) is 132 Å². The molecule has 0 atom stereocenters. The van der Waals surface area contributed by atoms with E-state index in [9.17, 15) is 24.3 Å². The first-order valence-corrected chi connectivity index (χ1v) is 8.17. The van der Waals surface area contributed by atoms with E-state index < -0.39 is 17.8 Å². The molecule has 9 heteroatoms. The van der Waals surface area contributed by atoms with Crippen molar-refractivity contribution in [2.45, 2.75) is 6.42 Å². The summed E-state index contributed by atoms with van der Waals surface area (Å²) < 4.78 is 19.7. The van der Waals surface area contributed by atoms with E-state index in [4.69, 9.17) is 9.84 Å². The summed E-state index contributed by atoms with van der Waals surface area (Å²) in [5.41, 5.74) is 0.568. The molecule has 0 unspecified atom stereocenters. The second-order valence-corrected chi connectivity index (χ2v) is 5.70. The van der Waals surface area contributed by atoms with E-state index in [0.29, 0.717) is 0 Å². The number of hydrogen-bond donors (Lipinski definition) is 4. The van der Waals surface area contributed by atoms with Crippen molar-refractivity contribution in [3.05, 3.63) is 52.3 Å². The molecule has 0 saturated carbocycles. The van der Waals surface area contributed by atoms with Crippen LogP contribution in [0.2, 0.25) is 0 Å². The lowest BCUT2D eigenvalue weighted by molar-refractivity contribution is 0.0686. The molecule has 4 N–H and O–H groups in total. The Hall–Kier alpha value is -3.80. The van der Waals surface area contributed by atoms with Gasteiger partial charge in [-0.05, 0) is 23.8 Å². The monoisotopic (exact) mass is 387 g/mol. The Morgan fingerprint density at radius 3 is 2.18 bits per heavy atom. The maximum absolute atomic E-state index is 14.2. The summed E-state index contributed by atoms with van der Waals surface area (Å²) in [6.07, 6.45) is 0.112. The number of anilines is 2. The molecule has 0 aromatic heterocycles. The lowest BCUT2D eigenvalue weighted by Crippen LogP contribution is -2.09. The molecule has 0 aliphatic carbocycles. The molecule has 0 heterocycles. The fraction of sp³-hybridized carbons (Fsp3) is 0.211. The van der Waals surface area contributed by atoms with Gasteiger partial charge in [-0.2, -0.15) is 5.26 Å². The number of nitrogens with zero attached hydrogens (tertiary/aromatic N) is 1. The van der Waals surface area contributed by atoms with Gasteiger partial charge in [-0.1, -0.05) is 0 Å². The van der Waals surface area contributed by atoms with E-state index in [1.807, 2.05) is 6.07 Å². The van der Waals surface area contributed by atoms with Gasteiger partial charge in [0, 0.05) is 32.3 Å². The van der Waals surface area contributed by atoms with Crippen LogP contribution in [0, 0.1) is 17.1 Å². The zero-order chi connectivity index (χ0) is 20.8. The fourth-order valence-corrected chi connectivity index (χ4v) is 2.63. The summed E-state index contributed by atoms with van der Waals surface area (Å²) in [6.45, 7) is -0.00323. The molecule has 28 heavy (non-hydrogen) atoms. The smallest absolute Gasteiger partial charge is 0.337 e. The summed E-state index contributed by atoms with van der Waals surface area (Å²) in [5.74, 6) is -2.96. The van der Waals surface area contributed by atoms with Crippen molar-refractivity contribution < 1.29 is 28.9 Å². The Bertz CT molecular complexity index is 969. The molecule has 0 radical (unpaired) electrons. The Kier molecular flexibility index (Phi) is 6.39. The van der Waals surface area contributed by atoms with Crippen LogP contribution in [0.5, 0.6) is 5.75 Å². The average Bonchev–Trinajstić information content (AvgIpc) is 2.67. The largest absolute Gasteiger partial charge is 0.492 e. The summed E-state index contributed by atoms with van der Waals surface area (Å²) in [6, 6.07) is 6.79. The number of benzene rings is 2. The van der Waals surface area contributed by atoms with Crippen LogP contribution < -0.4 is 15.4 Å². The van der Waals surface area contributed by atoms with Crippen LogP contribution in [-0.2, 0) is 6.42 Å². The molecule has 2 rings (SSSR count). The molecular formula is C19H18FN3O5. The predicted octanol–water partition coefficient (Wildman–Crippen LogP) is 2.80. The SMILES string of the molecule is CNc1cc(CCOc2cc(NC)c(C(=O)O)cc2C#N)c(F)cc1C(=O)O. The number of nitrogens with one attached hydrogen (secondary N) is 2. The second kappa shape index (κ2) is 8.73. The number of nitriles is 1. The third-order valence-electron chi connectivity index (χ3n) is 4.06. The van der Waals surface area contributed by atoms with Crippen molar-refractivity contribution in [1.29, 1.82) is 5.26 Å². The Morgan fingerprint density at radius 1 is 1.07 bits per heavy atom. The Balaban J connectivity index is 2.23. The fourth-order valence-electron chi connectivity index (χ4n) is 2.63. The number of hydrogen-bond acceptors (Lipinski definition) is 6. The number of aromatic carboxylic acids is 2. The molecule has 2 aromatic rings. The molecule has 0 fully saturated rings. The summed E-state index contributed by atoms with van der Waals surface area (Å²) in [5, 5.41) is 33.0. The minimum Gasteiger partial charge on any atom is -0.492 e. The van der Waals surface area contributed by atoms with Crippen molar-refractivity contribution in [3.8, 4) is 11.8 Å². The number of rotatable bonds is 8. The molecule has 2 aromatic carbocycles. The maximum atomic E-state index is 14.2. The first-order valence-electron chi connectivity index (χ1n) is 8.17. The van der Waals surface area contributed by atoms with E-state index in [-0.39, 0.29) is 52.4 Å². The van der Waals surface area contributed by atoms with Crippen LogP contribution in [0.3, 0.4) is 0 Å². The van der Waals surface area contributed by atoms with E-state index in [2.05, 4.69) is 10.6 Å². The first kappa shape index (κ1) is 20.5. The predicted molar refractivity (Wildman–Crippen MR) is 99.8 cm³/mol. The number of halogens is 1. The number of carboxylic acids is 2. The van der Waals surface area contributed by atoms with E-state index in [0.717, 1.165) is 6.07 Å². The highest BCUT2D eigenvalue weighted by Gasteiger charge is 2.17.